The summed E-state index contributed by atoms with van der Waals surface area (Å²) in [6, 6.07) is 8.73. The Labute approximate surface area is 139 Å². The summed E-state index contributed by atoms with van der Waals surface area (Å²) in [6.45, 7) is 18.0. The first-order chi connectivity index (χ1) is 9.96. The number of nitrogens with zero attached hydrogens (tertiary/aromatic N) is 2. The van der Waals surface area contributed by atoms with Gasteiger partial charge in [-0.2, -0.15) is 0 Å². The lowest BCUT2D eigenvalue weighted by Gasteiger charge is -2.15. The zero-order chi connectivity index (χ0) is 17.0. The van der Waals surface area contributed by atoms with E-state index in [1.807, 2.05) is 0 Å². The molecule has 122 valence electrons. The van der Waals surface area contributed by atoms with Crippen LogP contribution in [0, 0.1) is 0 Å². The molecule has 0 heterocycles. The molecule has 4 heteroatoms. The van der Waals surface area contributed by atoms with Crippen LogP contribution in [-0.2, 0) is 12.8 Å². The average Bonchev–Trinajstić information content (AvgIpc) is 2.26. The maximum absolute atomic E-state index is 4.92. The molecule has 1 aromatic rings. The van der Waals surface area contributed by atoms with Gasteiger partial charge in [0.1, 0.15) is 0 Å². The van der Waals surface area contributed by atoms with Gasteiger partial charge in [-0.3, -0.25) is 0 Å². The third-order valence-electron chi connectivity index (χ3n) is 3.06. The highest BCUT2D eigenvalue weighted by atomic mass is 28.3. The second-order valence-electron chi connectivity index (χ2n) is 8.16. The number of hydrogen-bond acceptors (Lipinski definition) is 2. The van der Waals surface area contributed by atoms with Crippen LogP contribution in [-0.4, -0.2) is 27.9 Å². The summed E-state index contributed by atoms with van der Waals surface area (Å²) in [5, 5.41) is 0. The number of benzene rings is 1. The minimum atomic E-state index is -1.39. The molecular formula is C18H32N2Si2. The fraction of sp³-hybridized carbons (Fsp3) is 0.556. The van der Waals surface area contributed by atoms with Crippen LogP contribution < -0.4 is 0 Å². The van der Waals surface area contributed by atoms with E-state index in [4.69, 9.17) is 9.32 Å². The average molecular weight is 333 g/mol. The van der Waals surface area contributed by atoms with Crippen molar-refractivity contribution in [2.45, 2.75) is 66.0 Å². The Morgan fingerprint density at radius 2 is 1.05 bits per heavy atom. The van der Waals surface area contributed by atoms with Gasteiger partial charge in [0.15, 0.2) is 16.5 Å². The van der Waals surface area contributed by atoms with E-state index in [2.05, 4.69) is 77.4 Å². The van der Waals surface area contributed by atoms with Crippen molar-refractivity contribution in [3.05, 3.63) is 35.4 Å². The monoisotopic (exact) mass is 332 g/mol. The second-order valence-corrected chi connectivity index (χ2v) is 17.3. The highest BCUT2D eigenvalue weighted by molar-refractivity contribution is 6.75. The third-order valence-corrected chi connectivity index (χ3v) is 5.17. The van der Waals surface area contributed by atoms with Crippen molar-refractivity contribution < 1.29 is 0 Å². The maximum Gasteiger partial charge on any atom is 0.172 e. The summed E-state index contributed by atoms with van der Waals surface area (Å²) < 4.78 is 9.83. The molecule has 2 nitrogen and oxygen atoms in total. The van der Waals surface area contributed by atoms with Gasteiger partial charge in [-0.05, 0) is 64.3 Å². The molecule has 0 bridgehead atoms. The second kappa shape index (κ2) is 7.51. The molecule has 0 radical (unpaired) electrons. The molecule has 0 aliphatic heterocycles. The molecule has 1 rings (SSSR count). The molecule has 0 aliphatic carbocycles. The van der Waals surface area contributed by atoms with E-state index < -0.39 is 16.5 Å². The maximum atomic E-state index is 4.92. The van der Waals surface area contributed by atoms with Gasteiger partial charge >= 0.3 is 0 Å². The third kappa shape index (κ3) is 7.85. The van der Waals surface area contributed by atoms with Gasteiger partial charge in [-0.1, -0.05) is 24.3 Å². The minimum absolute atomic E-state index is 0.959. The Kier molecular flexibility index (Phi) is 6.50. The van der Waals surface area contributed by atoms with Crippen LogP contribution in [0.1, 0.15) is 25.0 Å². The topological polar surface area (TPSA) is 24.7 Å². The fourth-order valence-corrected chi connectivity index (χ4v) is 5.13. The Hall–Kier alpha value is -1.01. The number of rotatable bonds is 6. The van der Waals surface area contributed by atoms with E-state index in [0.29, 0.717) is 0 Å². The summed E-state index contributed by atoms with van der Waals surface area (Å²) in [6.07, 6.45) is 1.92. The van der Waals surface area contributed by atoms with Gasteiger partial charge in [-0.15, -0.1) is 0 Å². The molecule has 22 heavy (non-hydrogen) atoms. The van der Waals surface area contributed by atoms with Gasteiger partial charge in [0.05, 0.1) is 0 Å². The SMILES string of the molecule is C/C(Cc1ccccc1C/C(C)=N/[Si](C)(C)C)=N\[Si](C)(C)C. The first-order valence-corrected chi connectivity index (χ1v) is 15.0. The van der Waals surface area contributed by atoms with Crippen LogP contribution >= 0.6 is 0 Å². The summed E-state index contributed by atoms with van der Waals surface area (Å²) in [4.78, 5) is 0. The molecule has 0 N–H and O–H groups in total. The fourth-order valence-electron chi connectivity index (χ4n) is 2.68. The first kappa shape index (κ1) is 19.0. The van der Waals surface area contributed by atoms with Crippen molar-refractivity contribution in [2.75, 3.05) is 0 Å². The molecule has 0 saturated carbocycles. The van der Waals surface area contributed by atoms with Gasteiger partial charge in [0.25, 0.3) is 0 Å². The van der Waals surface area contributed by atoms with E-state index in [9.17, 15) is 0 Å². The predicted octanol–water partition coefficient (Wildman–Crippen LogP) is 5.36. The van der Waals surface area contributed by atoms with Crippen LogP contribution in [0.5, 0.6) is 0 Å². The largest absolute Gasteiger partial charge is 0.330 e. The van der Waals surface area contributed by atoms with Gasteiger partial charge in [0, 0.05) is 24.3 Å². The minimum Gasteiger partial charge on any atom is -0.330 e. The van der Waals surface area contributed by atoms with Crippen molar-refractivity contribution in [2.24, 2.45) is 9.32 Å². The normalized spacial score (nSPS) is 14.4. The van der Waals surface area contributed by atoms with E-state index in [1.54, 1.807) is 0 Å². The number of hydrogen-bond donors (Lipinski definition) is 0. The molecule has 0 aliphatic rings. The smallest absolute Gasteiger partial charge is 0.172 e. The molecule has 0 aromatic heterocycles. The molecule has 0 saturated heterocycles. The van der Waals surface area contributed by atoms with Crippen molar-refractivity contribution in [1.82, 2.24) is 0 Å². The summed E-state index contributed by atoms with van der Waals surface area (Å²) in [5.74, 6) is 0. The van der Waals surface area contributed by atoms with Crippen molar-refractivity contribution in [1.29, 1.82) is 0 Å². The van der Waals surface area contributed by atoms with Crippen molar-refractivity contribution in [3.8, 4) is 0 Å². The zero-order valence-corrected chi connectivity index (χ0v) is 17.6. The highest BCUT2D eigenvalue weighted by Crippen LogP contribution is 2.14. The molecular weight excluding hydrogens is 300 g/mol. The Morgan fingerprint density at radius 1 is 0.727 bits per heavy atom. The van der Waals surface area contributed by atoms with Crippen molar-refractivity contribution >= 4 is 27.9 Å². The van der Waals surface area contributed by atoms with Crippen LogP contribution in [0.15, 0.2) is 33.6 Å². The molecule has 0 atom stereocenters. The quantitative estimate of drug-likeness (QED) is 0.494. The Balaban J connectivity index is 2.96. The first-order valence-electron chi connectivity index (χ1n) is 8.14. The molecule has 0 spiro atoms. The van der Waals surface area contributed by atoms with Gasteiger partial charge in [0.2, 0.25) is 0 Å². The summed E-state index contributed by atoms with van der Waals surface area (Å²) >= 11 is 0. The predicted molar refractivity (Wildman–Crippen MR) is 107 cm³/mol. The Morgan fingerprint density at radius 3 is 1.32 bits per heavy atom. The van der Waals surface area contributed by atoms with E-state index >= 15 is 0 Å². The molecule has 1 aromatic carbocycles. The zero-order valence-electron chi connectivity index (χ0n) is 15.6. The Bertz CT molecular complexity index is 510. The van der Waals surface area contributed by atoms with Gasteiger partial charge in [-0.25, -0.2) is 0 Å². The van der Waals surface area contributed by atoms with E-state index in [1.165, 1.54) is 22.6 Å². The van der Waals surface area contributed by atoms with Crippen LogP contribution in [0.3, 0.4) is 0 Å². The molecule has 0 amide bonds. The van der Waals surface area contributed by atoms with E-state index in [-0.39, 0.29) is 0 Å². The molecule has 0 unspecified atom stereocenters. The standard InChI is InChI=1S/C18H32N2Si2/c1-15(19-21(3,4)5)13-17-11-9-10-12-18(17)14-16(2)20-22(6,7)8/h9-12H,13-14H2,1-8H3/b19-15+,20-16+. The van der Waals surface area contributed by atoms with Gasteiger partial charge < -0.3 is 9.32 Å². The molecule has 0 fully saturated rings. The van der Waals surface area contributed by atoms with Crippen LogP contribution in [0.4, 0.5) is 0 Å². The van der Waals surface area contributed by atoms with E-state index in [0.717, 1.165) is 12.8 Å². The lowest BCUT2D eigenvalue weighted by Crippen LogP contribution is -2.20. The summed E-state index contributed by atoms with van der Waals surface area (Å²) in [7, 11) is -2.77. The summed E-state index contributed by atoms with van der Waals surface area (Å²) in [5.41, 5.74) is 5.30. The van der Waals surface area contributed by atoms with Crippen molar-refractivity contribution in [3.63, 3.8) is 0 Å². The lowest BCUT2D eigenvalue weighted by molar-refractivity contribution is 1.19. The lowest BCUT2D eigenvalue weighted by atomic mass is 9.98. The highest BCUT2D eigenvalue weighted by Gasteiger charge is 2.14. The van der Waals surface area contributed by atoms with Crippen LogP contribution in [0.2, 0.25) is 39.3 Å². The van der Waals surface area contributed by atoms with Crippen LogP contribution in [0.25, 0.3) is 0 Å².